The third-order valence-corrected chi connectivity index (χ3v) is 7.80. The third-order valence-electron chi connectivity index (χ3n) is 6.67. The van der Waals surface area contributed by atoms with E-state index in [1.54, 1.807) is 30.5 Å². The fourth-order valence-electron chi connectivity index (χ4n) is 4.50. The lowest BCUT2D eigenvalue weighted by molar-refractivity contribution is 0.240. The van der Waals surface area contributed by atoms with Gasteiger partial charge in [0.1, 0.15) is 18.7 Å². The van der Waals surface area contributed by atoms with Crippen LogP contribution >= 0.6 is 0 Å². The highest BCUT2D eigenvalue weighted by atomic mass is 32.2. The summed E-state index contributed by atoms with van der Waals surface area (Å²) in [5, 5.41) is 3.03. The third kappa shape index (κ3) is 6.23. The van der Waals surface area contributed by atoms with Crippen LogP contribution in [-0.2, 0) is 16.4 Å². The van der Waals surface area contributed by atoms with E-state index in [-0.39, 0.29) is 10.9 Å². The molecule has 0 aliphatic carbocycles. The highest BCUT2D eigenvalue weighted by molar-refractivity contribution is 7.90. The molecule has 0 saturated carbocycles. The van der Waals surface area contributed by atoms with Gasteiger partial charge < -0.3 is 15.0 Å². The quantitative estimate of drug-likeness (QED) is 0.357. The first-order chi connectivity index (χ1) is 18.3. The number of rotatable bonds is 8. The summed E-state index contributed by atoms with van der Waals surface area (Å²) in [7, 11) is -3.22. The minimum Gasteiger partial charge on any atom is -0.489 e. The first-order valence-corrected chi connectivity index (χ1v) is 14.4. The van der Waals surface area contributed by atoms with Crippen LogP contribution in [-0.4, -0.2) is 49.9 Å². The molecule has 0 unspecified atom stereocenters. The summed E-state index contributed by atoms with van der Waals surface area (Å²) in [6.45, 7) is 2.87. The molecule has 1 fully saturated rings. The molecule has 0 radical (unpaired) electrons. The molecule has 9 heteroatoms. The number of imidazole rings is 1. The van der Waals surface area contributed by atoms with Crippen LogP contribution in [0.2, 0.25) is 0 Å². The highest BCUT2D eigenvalue weighted by Crippen LogP contribution is 2.24. The molecule has 1 aromatic heterocycles. The zero-order chi connectivity index (χ0) is 26.5. The Balaban J connectivity index is 1.11. The van der Waals surface area contributed by atoms with Crippen molar-refractivity contribution in [1.82, 2.24) is 14.9 Å². The van der Waals surface area contributed by atoms with E-state index in [1.807, 2.05) is 42.5 Å². The average molecular weight is 531 g/mol. The molecule has 3 aromatic carbocycles. The molecule has 1 aliphatic heterocycles. The predicted octanol–water partition coefficient (Wildman–Crippen LogP) is 4.62. The van der Waals surface area contributed by atoms with E-state index in [0.29, 0.717) is 30.5 Å². The number of aromatic nitrogens is 2. The zero-order valence-corrected chi connectivity index (χ0v) is 22.0. The van der Waals surface area contributed by atoms with E-state index >= 15 is 0 Å². The monoisotopic (exact) mass is 530 g/mol. The van der Waals surface area contributed by atoms with Crippen LogP contribution in [0.15, 0.2) is 96.3 Å². The van der Waals surface area contributed by atoms with E-state index in [2.05, 4.69) is 27.3 Å². The van der Waals surface area contributed by atoms with Gasteiger partial charge in [0.15, 0.2) is 9.84 Å². The highest BCUT2D eigenvalue weighted by Gasteiger charge is 2.23. The van der Waals surface area contributed by atoms with Crippen LogP contribution in [0.4, 0.5) is 10.5 Å². The van der Waals surface area contributed by atoms with Gasteiger partial charge in [-0.1, -0.05) is 30.3 Å². The van der Waals surface area contributed by atoms with Crippen molar-refractivity contribution >= 4 is 21.6 Å². The van der Waals surface area contributed by atoms with Gasteiger partial charge in [0.25, 0.3) is 0 Å². The summed E-state index contributed by atoms with van der Waals surface area (Å²) in [6, 6.07) is 24.3. The zero-order valence-electron chi connectivity index (χ0n) is 21.2. The van der Waals surface area contributed by atoms with Crippen LogP contribution < -0.4 is 15.0 Å². The van der Waals surface area contributed by atoms with Crippen molar-refractivity contribution < 1.29 is 17.9 Å². The number of para-hydroxylation sites is 1. The SMILES string of the molecule is CS(=O)(=O)c1ccc(COc2ccc(-c3cn(C(=O)NC[C@@H]4CCN(c5ccccc5)C4)cn3)cc2)cc1. The minimum absolute atomic E-state index is 0.191. The molecule has 1 aliphatic rings. The first-order valence-electron chi connectivity index (χ1n) is 12.5. The number of nitrogens with zero attached hydrogens (tertiary/aromatic N) is 3. The standard InChI is InChI=1S/C29H30N4O4S/c1-38(35,36)27-13-7-22(8-14-27)20-37-26-11-9-24(10-12-26)28-19-33(21-31-28)29(34)30-17-23-15-16-32(18-23)25-5-3-2-4-6-25/h2-14,19,21,23H,15-18,20H2,1H3,(H,30,34)/t23-/m0/s1. The van der Waals surface area contributed by atoms with Gasteiger partial charge in [-0.05, 0) is 66.4 Å². The maximum Gasteiger partial charge on any atom is 0.326 e. The van der Waals surface area contributed by atoms with Gasteiger partial charge in [-0.15, -0.1) is 0 Å². The minimum atomic E-state index is -3.22. The molecule has 38 heavy (non-hydrogen) atoms. The van der Waals surface area contributed by atoms with Crippen LogP contribution in [0.5, 0.6) is 5.75 Å². The van der Waals surface area contributed by atoms with E-state index in [4.69, 9.17) is 4.74 Å². The van der Waals surface area contributed by atoms with Crippen LogP contribution in [0.25, 0.3) is 11.3 Å². The molecule has 1 N–H and O–H groups in total. The Kier molecular flexibility index (Phi) is 7.46. The molecule has 1 atom stereocenters. The number of ether oxygens (including phenoxy) is 1. The number of carbonyl (C=O) groups excluding carboxylic acids is 1. The normalized spacial score (nSPS) is 15.4. The number of sulfone groups is 1. The fourth-order valence-corrected chi connectivity index (χ4v) is 5.13. The first kappa shape index (κ1) is 25.5. The molecule has 0 bridgehead atoms. The Morgan fingerprint density at radius 1 is 1.03 bits per heavy atom. The van der Waals surface area contributed by atoms with Gasteiger partial charge in [0.2, 0.25) is 0 Å². The molecular weight excluding hydrogens is 500 g/mol. The fraction of sp³-hybridized carbons (Fsp3) is 0.241. The summed E-state index contributed by atoms with van der Waals surface area (Å²) in [6.07, 6.45) is 5.48. The lowest BCUT2D eigenvalue weighted by atomic mass is 10.1. The van der Waals surface area contributed by atoms with Crippen molar-refractivity contribution in [2.45, 2.75) is 17.9 Å². The van der Waals surface area contributed by atoms with Gasteiger partial charge in [-0.2, -0.15) is 0 Å². The lowest BCUT2D eigenvalue weighted by Crippen LogP contribution is -2.33. The van der Waals surface area contributed by atoms with Gasteiger partial charge in [-0.25, -0.2) is 18.2 Å². The summed E-state index contributed by atoms with van der Waals surface area (Å²) in [5.74, 6) is 1.09. The predicted molar refractivity (Wildman–Crippen MR) is 147 cm³/mol. The molecule has 4 aromatic rings. The lowest BCUT2D eigenvalue weighted by Gasteiger charge is -2.18. The Hall–Kier alpha value is -4.11. The summed E-state index contributed by atoms with van der Waals surface area (Å²) >= 11 is 0. The Morgan fingerprint density at radius 2 is 1.76 bits per heavy atom. The number of benzene rings is 3. The van der Waals surface area contributed by atoms with E-state index in [9.17, 15) is 13.2 Å². The van der Waals surface area contributed by atoms with Crippen molar-refractivity contribution in [3.8, 4) is 17.0 Å². The van der Waals surface area contributed by atoms with Crippen LogP contribution in [0, 0.1) is 5.92 Å². The van der Waals surface area contributed by atoms with Crippen molar-refractivity contribution in [1.29, 1.82) is 0 Å². The molecule has 5 rings (SSSR count). The van der Waals surface area contributed by atoms with E-state index < -0.39 is 9.84 Å². The second kappa shape index (κ2) is 11.1. The van der Waals surface area contributed by atoms with Crippen molar-refractivity contribution in [3.05, 3.63) is 97.0 Å². The number of hydrogen-bond acceptors (Lipinski definition) is 6. The maximum atomic E-state index is 12.7. The van der Waals surface area contributed by atoms with Gasteiger partial charge in [-0.3, -0.25) is 4.57 Å². The van der Waals surface area contributed by atoms with Crippen molar-refractivity contribution in [2.24, 2.45) is 5.92 Å². The summed E-state index contributed by atoms with van der Waals surface area (Å²) in [4.78, 5) is 19.7. The maximum absolute atomic E-state index is 12.7. The average Bonchev–Trinajstić information content (AvgIpc) is 3.62. The molecular formula is C29H30N4O4S. The van der Waals surface area contributed by atoms with Crippen LogP contribution in [0.1, 0.15) is 12.0 Å². The van der Waals surface area contributed by atoms with Crippen molar-refractivity contribution in [2.75, 3.05) is 30.8 Å². The largest absolute Gasteiger partial charge is 0.489 e. The topological polar surface area (TPSA) is 93.5 Å². The number of hydrogen-bond donors (Lipinski definition) is 1. The van der Waals surface area contributed by atoms with E-state index in [1.165, 1.54) is 22.8 Å². The molecule has 8 nitrogen and oxygen atoms in total. The van der Waals surface area contributed by atoms with Crippen LogP contribution in [0.3, 0.4) is 0 Å². The Bertz CT molecular complexity index is 1480. The summed E-state index contributed by atoms with van der Waals surface area (Å²) in [5.41, 5.74) is 3.66. The van der Waals surface area contributed by atoms with E-state index in [0.717, 1.165) is 30.6 Å². The van der Waals surface area contributed by atoms with Gasteiger partial charge in [0.05, 0.1) is 10.6 Å². The number of nitrogens with one attached hydrogen (secondary N) is 1. The number of carbonyl (C=O) groups is 1. The molecule has 196 valence electrons. The second-order valence-electron chi connectivity index (χ2n) is 9.52. The van der Waals surface area contributed by atoms with Gasteiger partial charge in [0, 0.05) is 43.3 Å². The second-order valence-corrected chi connectivity index (χ2v) is 11.5. The molecule has 1 amide bonds. The number of anilines is 1. The molecule has 1 saturated heterocycles. The van der Waals surface area contributed by atoms with Gasteiger partial charge >= 0.3 is 6.03 Å². The smallest absolute Gasteiger partial charge is 0.326 e. The van der Waals surface area contributed by atoms with Crippen molar-refractivity contribution in [3.63, 3.8) is 0 Å². The summed E-state index contributed by atoms with van der Waals surface area (Å²) < 4.78 is 30.5. The Labute approximate surface area is 222 Å². The number of amides is 1. The Morgan fingerprint density at radius 3 is 2.47 bits per heavy atom. The molecule has 0 spiro atoms. The molecule has 2 heterocycles.